The van der Waals surface area contributed by atoms with Crippen LogP contribution in [0.1, 0.15) is 12.5 Å². The first-order valence-corrected chi connectivity index (χ1v) is 7.94. The van der Waals surface area contributed by atoms with Gasteiger partial charge in [-0.05, 0) is 36.3 Å². The highest BCUT2D eigenvalue weighted by Crippen LogP contribution is 2.35. The number of benzene rings is 2. The molecule has 4 nitrogen and oxygen atoms in total. The van der Waals surface area contributed by atoms with E-state index in [1.165, 1.54) is 5.56 Å². The Morgan fingerprint density at radius 2 is 1.83 bits per heavy atom. The van der Waals surface area contributed by atoms with E-state index < -0.39 is 0 Å². The fourth-order valence-electron chi connectivity index (χ4n) is 2.11. The van der Waals surface area contributed by atoms with E-state index in [0.29, 0.717) is 27.3 Å². The van der Waals surface area contributed by atoms with Gasteiger partial charge in [0.1, 0.15) is 11.5 Å². The highest BCUT2D eigenvalue weighted by molar-refractivity contribution is 7.80. The number of methoxy groups -OCH3 is 2. The number of anilines is 2. The fourth-order valence-corrected chi connectivity index (χ4v) is 2.57. The van der Waals surface area contributed by atoms with Crippen molar-refractivity contribution >= 4 is 40.3 Å². The molecule has 0 aliphatic heterocycles. The van der Waals surface area contributed by atoms with Crippen molar-refractivity contribution in [2.75, 3.05) is 24.9 Å². The number of thiocarbonyl (C=S) groups is 1. The zero-order valence-corrected chi connectivity index (χ0v) is 14.8. The van der Waals surface area contributed by atoms with Crippen LogP contribution in [0.25, 0.3) is 0 Å². The second-order valence-corrected chi connectivity index (χ2v) is 5.64. The van der Waals surface area contributed by atoms with Gasteiger partial charge in [-0.15, -0.1) is 0 Å². The third-order valence-electron chi connectivity index (χ3n) is 3.32. The summed E-state index contributed by atoms with van der Waals surface area (Å²) in [5.41, 5.74) is 2.85. The maximum absolute atomic E-state index is 6.10. The third kappa shape index (κ3) is 4.50. The van der Waals surface area contributed by atoms with Crippen LogP contribution in [0.2, 0.25) is 5.02 Å². The molecule has 0 aromatic heterocycles. The molecule has 6 heteroatoms. The summed E-state index contributed by atoms with van der Waals surface area (Å²) in [6.45, 7) is 2.11. The minimum atomic E-state index is 0.459. The minimum absolute atomic E-state index is 0.459. The number of rotatable bonds is 5. The van der Waals surface area contributed by atoms with Crippen LogP contribution in [0.15, 0.2) is 36.4 Å². The van der Waals surface area contributed by atoms with Crippen molar-refractivity contribution in [1.29, 1.82) is 0 Å². The van der Waals surface area contributed by atoms with Crippen LogP contribution in [0.3, 0.4) is 0 Å². The summed E-state index contributed by atoms with van der Waals surface area (Å²) in [6.07, 6.45) is 0.970. The van der Waals surface area contributed by atoms with Crippen molar-refractivity contribution in [3.05, 3.63) is 47.0 Å². The smallest absolute Gasteiger partial charge is 0.175 e. The molecule has 0 bridgehead atoms. The Balaban J connectivity index is 2.16. The van der Waals surface area contributed by atoms with Crippen LogP contribution >= 0.6 is 23.8 Å². The first-order valence-electron chi connectivity index (χ1n) is 7.15. The van der Waals surface area contributed by atoms with E-state index in [0.717, 1.165) is 12.1 Å². The average molecular weight is 351 g/mol. The van der Waals surface area contributed by atoms with Crippen LogP contribution < -0.4 is 20.1 Å². The van der Waals surface area contributed by atoms with Crippen molar-refractivity contribution in [3.63, 3.8) is 0 Å². The molecule has 0 saturated heterocycles. The van der Waals surface area contributed by atoms with E-state index >= 15 is 0 Å². The van der Waals surface area contributed by atoms with Gasteiger partial charge < -0.3 is 20.1 Å². The lowest BCUT2D eigenvalue weighted by molar-refractivity contribution is 0.405. The van der Waals surface area contributed by atoms with Gasteiger partial charge in [-0.2, -0.15) is 0 Å². The first-order chi connectivity index (χ1) is 11.1. The van der Waals surface area contributed by atoms with Crippen LogP contribution in [0.5, 0.6) is 11.5 Å². The van der Waals surface area contributed by atoms with E-state index in [9.17, 15) is 0 Å². The summed E-state index contributed by atoms with van der Waals surface area (Å²) in [7, 11) is 3.13. The van der Waals surface area contributed by atoms with Crippen LogP contribution in [0.4, 0.5) is 11.4 Å². The molecular formula is C17H19ClN2O2S. The van der Waals surface area contributed by atoms with Crippen molar-refractivity contribution in [3.8, 4) is 11.5 Å². The van der Waals surface area contributed by atoms with E-state index in [1.807, 2.05) is 12.1 Å². The Hall–Kier alpha value is -1.98. The second-order valence-electron chi connectivity index (χ2n) is 4.82. The van der Waals surface area contributed by atoms with Gasteiger partial charge in [0, 0.05) is 17.8 Å². The van der Waals surface area contributed by atoms with Gasteiger partial charge in [0.15, 0.2) is 5.11 Å². The summed E-state index contributed by atoms with van der Waals surface area (Å²) in [4.78, 5) is 0. The van der Waals surface area contributed by atoms with E-state index in [4.69, 9.17) is 33.3 Å². The summed E-state index contributed by atoms with van der Waals surface area (Å²) in [6, 6.07) is 11.5. The molecular weight excluding hydrogens is 332 g/mol. The molecule has 0 atom stereocenters. The predicted molar refractivity (Wildman–Crippen MR) is 100 cm³/mol. The lowest BCUT2D eigenvalue weighted by Gasteiger charge is -2.15. The van der Waals surface area contributed by atoms with Gasteiger partial charge in [0.25, 0.3) is 0 Å². The van der Waals surface area contributed by atoms with E-state index in [1.54, 1.807) is 26.4 Å². The number of ether oxygens (including phenoxy) is 2. The highest BCUT2D eigenvalue weighted by Gasteiger charge is 2.11. The third-order valence-corrected chi connectivity index (χ3v) is 3.81. The number of hydrogen-bond acceptors (Lipinski definition) is 3. The molecule has 0 aliphatic rings. The fraction of sp³-hybridized carbons (Fsp3) is 0.235. The summed E-state index contributed by atoms with van der Waals surface area (Å²) in [5, 5.41) is 7.20. The molecule has 2 N–H and O–H groups in total. The minimum Gasteiger partial charge on any atom is -0.495 e. The molecule has 0 unspecified atom stereocenters. The Morgan fingerprint density at radius 1 is 1.09 bits per heavy atom. The molecule has 2 aromatic rings. The molecule has 2 rings (SSSR count). The summed E-state index contributed by atoms with van der Waals surface area (Å²) < 4.78 is 10.5. The Kier molecular flexibility index (Phi) is 6.07. The van der Waals surface area contributed by atoms with Gasteiger partial charge in [0.2, 0.25) is 0 Å². The quantitative estimate of drug-likeness (QED) is 0.763. The zero-order valence-electron chi connectivity index (χ0n) is 13.3. The van der Waals surface area contributed by atoms with Gasteiger partial charge >= 0.3 is 0 Å². The number of aryl methyl sites for hydroxylation is 1. The van der Waals surface area contributed by atoms with Crippen molar-refractivity contribution in [2.24, 2.45) is 0 Å². The molecule has 23 heavy (non-hydrogen) atoms. The zero-order chi connectivity index (χ0) is 16.8. The molecule has 0 amide bonds. The SMILES string of the molecule is CCc1cccc(NC(=S)Nc2cc(OC)c(Cl)cc2OC)c1. The maximum atomic E-state index is 6.10. The number of hydrogen-bond donors (Lipinski definition) is 2. The van der Waals surface area contributed by atoms with Crippen molar-refractivity contribution < 1.29 is 9.47 Å². The van der Waals surface area contributed by atoms with Crippen molar-refractivity contribution in [2.45, 2.75) is 13.3 Å². The topological polar surface area (TPSA) is 42.5 Å². The highest BCUT2D eigenvalue weighted by atomic mass is 35.5. The molecule has 0 heterocycles. The van der Waals surface area contributed by atoms with Crippen molar-refractivity contribution in [1.82, 2.24) is 0 Å². The molecule has 0 saturated carbocycles. The van der Waals surface area contributed by atoms with E-state index in [2.05, 4.69) is 29.7 Å². The molecule has 0 radical (unpaired) electrons. The monoisotopic (exact) mass is 350 g/mol. The largest absolute Gasteiger partial charge is 0.495 e. The molecule has 122 valence electrons. The predicted octanol–water partition coefficient (Wildman–Crippen LogP) is 4.73. The standard InChI is InChI=1S/C17H19ClN2O2S/c1-4-11-6-5-7-12(8-11)19-17(23)20-14-10-15(21-2)13(18)9-16(14)22-3/h5-10H,4H2,1-3H3,(H2,19,20,23). The van der Waals surface area contributed by atoms with Gasteiger partial charge in [-0.3, -0.25) is 0 Å². The second kappa shape index (κ2) is 8.04. The van der Waals surface area contributed by atoms with Gasteiger partial charge in [0.05, 0.1) is 24.9 Å². The lowest BCUT2D eigenvalue weighted by Crippen LogP contribution is -2.19. The molecule has 0 aliphatic carbocycles. The van der Waals surface area contributed by atoms with Crippen LogP contribution in [-0.2, 0) is 6.42 Å². The van der Waals surface area contributed by atoms with Gasteiger partial charge in [-0.25, -0.2) is 0 Å². The Morgan fingerprint density at radius 3 is 2.48 bits per heavy atom. The Labute approximate surface area is 146 Å². The number of halogens is 1. The van der Waals surface area contributed by atoms with Gasteiger partial charge in [-0.1, -0.05) is 30.7 Å². The summed E-state index contributed by atoms with van der Waals surface area (Å²) in [5.74, 6) is 1.13. The molecule has 2 aromatic carbocycles. The molecule has 0 fully saturated rings. The summed E-state index contributed by atoms with van der Waals surface area (Å²) >= 11 is 11.5. The maximum Gasteiger partial charge on any atom is 0.175 e. The average Bonchev–Trinajstić information content (AvgIpc) is 2.56. The van der Waals surface area contributed by atoms with Crippen LogP contribution in [-0.4, -0.2) is 19.3 Å². The Bertz CT molecular complexity index is 707. The molecule has 0 spiro atoms. The van der Waals surface area contributed by atoms with Crippen LogP contribution in [0, 0.1) is 0 Å². The van der Waals surface area contributed by atoms with E-state index in [-0.39, 0.29) is 0 Å². The normalized spacial score (nSPS) is 10.1. The number of nitrogens with one attached hydrogen (secondary N) is 2. The lowest BCUT2D eigenvalue weighted by atomic mass is 10.1. The first kappa shape index (κ1) is 17.4.